The topological polar surface area (TPSA) is 128 Å². The second kappa shape index (κ2) is 13.9. The van der Waals surface area contributed by atoms with Crippen molar-refractivity contribution < 1.29 is 33.4 Å². The number of Topliss-reactive ketones (excluding diaryl/α,β-unsaturated/α-hetero) is 2. The molecule has 0 heterocycles. The summed E-state index contributed by atoms with van der Waals surface area (Å²) < 4.78 is 10.1. The molecule has 0 unspecified atom stereocenters. The number of carbonyl (C=O) groups is 5. The summed E-state index contributed by atoms with van der Waals surface area (Å²) in [5.74, 6) is -4.56. The first-order valence-corrected chi connectivity index (χ1v) is 11.5. The molecule has 9 heteroatoms. The van der Waals surface area contributed by atoms with E-state index in [1.54, 1.807) is 84.9 Å². The van der Waals surface area contributed by atoms with Gasteiger partial charge in [0.1, 0.15) is 19.3 Å². The lowest BCUT2D eigenvalue weighted by molar-refractivity contribution is -0.157. The number of carbonyl (C=O) groups excluding carboxylic acids is 5. The van der Waals surface area contributed by atoms with E-state index in [4.69, 9.17) is 9.47 Å². The number of rotatable bonds is 12. The average molecular weight is 503 g/mol. The molecule has 0 saturated carbocycles. The zero-order valence-electron chi connectivity index (χ0n) is 19.9. The smallest absolute Gasteiger partial charge is 0.408 e. The zero-order chi connectivity index (χ0) is 26.5. The predicted octanol–water partition coefficient (Wildman–Crippen LogP) is 2.52. The molecule has 0 spiro atoms. The number of benzene rings is 3. The first kappa shape index (κ1) is 26.8. The van der Waals surface area contributed by atoms with Crippen LogP contribution in [-0.4, -0.2) is 42.1 Å². The molecule has 0 aliphatic rings. The van der Waals surface area contributed by atoms with E-state index in [0.29, 0.717) is 5.56 Å². The fourth-order valence-corrected chi connectivity index (χ4v) is 3.24. The molecule has 2 amide bonds. The van der Waals surface area contributed by atoms with Crippen LogP contribution in [0.25, 0.3) is 0 Å². The van der Waals surface area contributed by atoms with Crippen LogP contribution < -0.4 is 10.6 Å². The number of amides is 2. The number of esters is 1. The fraction of sp³-hybridized carbons (Fsp3) is 0.179. The molecule has 190 valence electrons. The summed E-state index contributed by atoms with van der Waals surface area (Å²) >= 11 is 0. The van der Waals surface area contributed by atoms with E-state index >= 15 is 0 Å². The van der Waals surface area contributed by atoms with Crippen molar-refractivity contribution in [2.45, 2.75) is 25.7 Å². The Hall–Kier alpha value is -4.79. The van der Waals surface area contributed by atoms with Crippen LogP contribution in [-0.2, 0) is 48.3 Å². The lowest BCUT2D eigenvalue weighted by atomic mass is 10.1. The van der Waals surface area contributed by atoms with Gasteiger partial charge in [0.25, 0.3) is 0 Å². The summed E-state index contributed by atoms with van der Waals surface area (Å²) in [4.78, 5) is 61.3. The number of ketones is 2. The molecule has 3 rings (SSSR count). The van der Waals surface area contributed by atoms with Gasteiger partial charge in [0, 0.05) is 6.42 Å². The number of alkyl carbamates (subject to hydrolysis) is 1. The van der Waals surface area contributed by atoms with Crippen LogP contribution >= 0.6 is 0 Å². The van der Waals surface area contributed by atoms with Crippen LogP contribution in [0.1, 0.15) is 16.7 Å². The van der Waals surface area contributed by atoms with Gasteiger partial charge in [-0.05, 0) is 16.7 Å². The standard InChI is InChI=1S/C28H26N2O7/c31-24(25(32)27(34)36-18-21-12-6-2-7-13-21)17-29-26(33)23(16-20-10-4-1-5-11-20)30-28(35)37-19-22-14-8-3-9-15-22/h1-15,23H,16-19H2,(H,29,33)(H,30,35)/t23-/m0/s1. The fourth-order valence-electron chi connectivity index (χ4n) is 3.24. The van der Waals surface area contributed by atoms with Gasteiger partial charge in [-0.2, -0.15) is 0 Å². The van der Waals surface area contributed by atoms with Crippen LogP contribution in [0.15, 0.2) is 91.0 Å². The second-order valence-corrected chi connectivity index (χ2v) is 7.98. The highest BCUT2D eigenvalue weighted by Gasteiger charge is 2.27. The Kier molecular flexibility index (Phi) is 10.1. The molecule has 0 aromatic heterocycles. The molecule has 1 atom stereocenters. The third-order valence-electron chi connectivity index (χ3n) is 5.18. The molecule has 2 N–H and O–H groups in total. The van der Waals surface area contributed by atoms with E-state index in [1.807, 2.05) is 6.07 Å². The third kappa shape index (κ3) is 9.06. The van der Waals surface area contributed by atoms with Crippen LogP contribution in [0.4, 0.5) is 4.79 Å². The highest BCUT2D eigenvalue weighted by atomic mass is 16.5. The van der Waals surface area contributed by atoms with E-state index < -0.39 is 42.1 Å². The van der Waals surface area contributed by atoms with Crippen LogP contribution in [0, 0.1) is 0 Å². The Bertz CT molecular complexity index is 1220. The summed E-state index contributed by atoms with van der Waals surface area (Å²) in [5.41, 5.74) is 2.17. The van der Waals surface area contributed by atoms with Gasteiger partial charge >= 0.3 is 17.8 Å². The molecule has 0 aliphatic heterocycles. The van der Waals surface area contributed by atoms with Gasteiger partial charge in [-0.1, -0.05) is 91.0 Å². The zero-order valence-corrected chi connectivity index (χ0v) is 19.9. The van der Waals surface area contributed by atoms with Crippen molar-refractivity contribution in [2.24, 2.45) is 0 Å². The summed E-state index contributed by atoms with van der Waals surface area (Å²) in [5, 5.41) is 4.79. The summed E-state index contributed by atoms with van der Waals surface area (Å²) in [6.45, 7) is -0.895. The van der Waals surface area contributed by atoms with Gasteiger partial charge < -0.3 is 20.1 Å². The van der Waals surface area contributed by atoms with Gasteiger partial charge in [-0.3, -0.25) is 14.4 Å². The minimum atomic E-state index is -1.38. The van der Waals surface area contributed by atoms with Crippen LogP contribution in [0.2, 0.25) is 0 Å². The molecular weight excluding hydrogens is 476 g/mol. The van der Waals surface area contributed by atoms with Crippen molar-refractivity contribution >= 4 is 29.5 Å². The Labute approximate surface area is 213 Å². The average Bonchev–Trinajstić information content (AvgIpc) is 2.94. The Balaban J connectivity index is 1.53. The molecule has 3 aromatic rings. The minimum absolute atomic E-state index is 0.00439. The lowest BCUT2D eigenvalue weighted by Crippen LogP contribution is -2.50. The van der Waals surface area contributed by atoms with E-state index in [0.717, 1.165) is 11.1 Å². The highest BCUT2D eigenvalue weighted by Crippen LogP contribution is 2.06. The normalized spacial score (nSPS) is 11.0. The maximum atomic E-state index is 12.8. The number of ether oxygens (including phenoxy) is 2. The van der Waals surface area contributed by atoms with Gasteiger partial charge in [-0.15, -0.1) is 0 Å². The third-order valence-corrected chi connectivity index (χ3v) is 5.18. The summed E-state index contributed by atoms with van der Waals surface area (Å²) in [7, 11) is 0. The van der Waals surface area contributed by atoms with E-state index in [1.165, 1.54) is 0 Å². The molecule has 0 saturated heterocycles. The number of hydrogen-bond donors (Lipinski definition) is 2. The van der Waals surface area contributed by atoms with Crippen molar-refractivity contribution in [2.75, 3.05) is 6.54 Å². The molecule has 0 radical (unpaired) electrons. The van der Waals surface area contributed by atoms with Crippen LogP contribution in [0.3, 0.4) is 0 Å². The largest absolute Gasteiger partial charge is 0.455 e. The second-order valence-electron chi connectivity index (χ2n) is 7.98. The first-order valence-electron chi connectivity index (χ1n) is 11.5. The van der Waals surface area contributed by atoms with Crippen molar-refractivity contribution in [1.82, 2.24) is 10.6 Å². The Morgan fingerprint density at radius 1 is 0.649 bits per heavy atom. The van der Waals surface area contributed by atoms with E-state index in [2.05, 4.69) is 10.6 Å². The lowest BCUT2D eigenvalue weighted by Gasteiger charge is -2.18. The maximum absolute atomic E-state index is 12.8. The van der Waals surface area contributed by atoms with Crippen molar-refractivity contribution in [3.8, 4) is 0 Å². The van der Waals surface area contributed by atoms with Gasteiger partial charge in [0.2, 0.25) is 11.7 Å². The first-order chi connectivity index (χ1) is 17.9. The monoisotopic (exact) mass is 502 g/mol. The number of nitrogens with one attached hydrogen (secondary N) is 2. The molecule has 37 heavy (non-hydrogen) atoms. The minimum Gasteiger partial charge on any atom is -0.455 e. The maximum Gasteiger partial charge on any atom is 0.408 e. The van der Waals surface area contributed by atoms with Crippen LogP contribution in [0.5, 0.6) is 0 Å². The van der Waals surface area contributed by atoms with Gasteiger partial charge in [-0.25, -0.2) is 9.59 Å². The molecule has 0 aliphatic carbocycles. The highest BCUT2D eigenvalue weighted by molar-refractivity contribution is 6.62. The SMILES string of the molecule is O=C(N[C@@H](Cc1ccccc1)C(=O)NCC(=O)C(=O)C(=O)OCc1ccccc1)OCc1ccccc1. The Morgan fingerprint density at radius 3 is 1.68 bits per heavy atom. The summed E-state index contributed by atoms with van der Waals surface area (Å²) in [6.07, 6.45) is -0.721. The van der Waals surface area contributed by atoms with E-state index in [-0.39, 0.29) is 19.6 Å². The van der Waals surface area contributed by atoms with Gasteiger partial charge in [0.05, 0.1) is 6.54 Å². The summed E-state index contributed by atoms with van der Waals surface area (Å²) in [6, 6.07) is 25.5. The quantitative estimate of drug-likeness (QED) is 0.221. The van der Waals surface area contributed by atoms with Crippen molar-refractivity contribution in [3.63, 3.8) is 0 Å². The molecule has 0 bridgehead atoms. The molecular formula is C28H26N2O7. The predicted molar refractivity (Wildman–Crippen MR) is 133 cm³/mol. The number of hydrogen-bond acceptors (Lipinski definition) is 7. The van der Waals surface area contributed by atoms with Crippen molar-refractivity contribution in [3.05, 3.63) is 108 Å². The van der Waals surface area contributed by atoms with Crippen molar-refractivity contribution in [1.29, 1.82) is 0 Å². The Morgan fingerprint density at radius 2 is 1.14 bits per heavy atom. The van der Waals surface area contributed by atoms with Gasteiger partial charge in [0.15, 0.2) is 0 Å². The molecule has 0 fully saturated rings. The van der Waals surface area contributed by atoms with E-state index in [9.17, 15) is 24.0 Å². The molecule has 3 aromatic carbocycles. The molecule has 9 nitrogen and oxygen atoms in total.